The zero-order chi connectivity index (χ0) is 26.2. The molecule has 8 heteroatoms. The van der Waals surface area contributed by atoms with E-state index in [-0.39, 0.29) is 37.7 Å². The van der Waals surface area contributed by atoms with Crippen LogP contribution in [0.2, 0.25) is 0 Å². The highest BCUT2D eigenvalue weighted by Gasteiger charge is 2.48. The summed E-state index contributed by atoms with van der Waals surface area (Å²) >= 11 is 0. The third kappa shape index (κ3) is 5.78. The molecular weight excluding hydrogens is 486 g/mol. The van der Waals surface area contributed by atoms with Crippen molar-refractivity contribution in [3.05, 3.63) is 112 Å². The molecule has 0 bridgehead atoms. The molecule has 38 heavy (non-hydrogen) atoms. The number of nitrogens with zero attached hydrogens (tertiary/aromatic N) is 1. The van der Waals surface area contributed by atoms with Gasteiger partial charge < -0.3 is 33.4 Å². The standard InChI is InChI=1S/C30H33NO7/c32-17-16-31-15-14-25(33)28(36-20-24-11-5-2-6-12-24)29(31)30(26-21-34-22-37-26,19-23-9-3-1-4-10-23)38-27-13-7-8-18-35-27/h1-6,9-12,14-15,21,27,32H,7-8,13,16-20,22H2. The van der Waals surface area contributed by atoms with E-state index in [9.17, 15) is 9.90 Å². The lowest BCUT2D eigenvalue weighted by atomic mass is 9.87. The number of hydrogen-bond donors (Lipinski definition) is 1. The Morgan fingerprint density at radius 1 is 1.00 bits per heavy atom. The van der Waals surface area contributed by atoms with E-state index in [1.54, 1.807) is 10.8 Å². The van der Waals surface area contributed by atoms with E-state index < -0.39 is 11.9 Å². The van der Waals surface area contributed by atoms with E-state index in [0.717, 1.165) is 24.0 Å². The Morgan fingerprint density at radius 3 is 2.42 bits per heavy atom. The first-order chi connectivity index (χ1) is 18.7. The van der Waals surface area contributed by atoms with Gasteiger partial charge >= 0.3 is 0 Å². The molecule has 0 radical (unpaired) electrons. The van der Waals surface area contributed by atoms with Crippen molar-refractivity contribution in [2.24, 2.45) is 0 Å². The average Bonchev–Trinajstić information content (AvgIpc) is 3.51. The van der Waals surface area contributed by atoms with Gasteiger partial charge in [-0.25, -0.2) is 0 Å². The van der Waals surface area contributed by atoms with Crippen LogP contribution in [0, 0.1) is 0 Å². The zero-order valence-electron chi connectivity index (χ0n) is 21.3. The van der Waals surface area contributed by atoms with Crippen molar-refractivity contribution in [2.75, 3.05) is 20.0 Å². The van der Waals surface area contributed by atoms with Crippen molar-refractivity contribution in [2.45, 2.75) is 50.7 Å². The molecule has 1 saturated heterocycles. The minimum absolute atomic E-state index is 0.0258. The first kappa shape index (κ1) is 26.0. The quantitative estimate of drug-likeness (QED) is 0.405. The van der Waals surface area contributed by atoms with Crippen molar-refractivity contribution in [3.63, 3.8) is 0 Å². The van der Waals surface area contributed by atoms with Gasteiger partial charge in [0.2, 0.25) is 12.2 Å². The van der Waals surface area contributed by atoms with Crippen molar-refractivity contribution in [3.8, 4) is 5.75 Å². The molecule has 8 nitrogen and oxygen atoms in total. The fourth-order valence-corrected chi connectivity index (χ4v) is 4.94. The van der Waals surface area contributed by atoms with Gasteiger partial charge in [0.25, 0.3) is 0 Å². The second kappa shape index (κ2) is 12.3. The third-order valence-electron chi connectivity index (χ3n) is 6.72. The molecular formula is C30H33NO7. The fourth-order valence-electron chi connectivity index (χ4n) is 4.94. The minimum atomic E-state index is -1.33. The van der Waals surface area contributed by atoms with Crippen LogP contribution in [0.4, 0.5) is 0 Å². The van der Waals surface area contributed by atoms with E-state index in [0.29, 0.717) is 30.9 Å². The normalized spacial score (nSPS) is 18.7. The van der Waals surface area contributed by atoms with Gasteiger partial charge in [-0.3, -0.25) is 4.79 Å². The SMILES string of the molecule is O=c1ccn(CCO)c(C(Cc2ccccc2)(OC2CCCCO2)C2=COCO2)c1OCc1ccccc1. The predicted octanol–water partition coefficient (Wildman–Crippen LogP) is 4.25. The van der Waals surface area contributed by atoms with E-state index in [4.69, 9.17) is 23.7 Å². The van der Waals surface area contributed by atoms with Crippen molar-refractivity contribution in [1.82, 2.24) is 4.57 Å². The highest BCUT2D eigenvalue weighted by Crippen LogP contribution is 2.44. The first-order valence-corrected chi connectivity index (χ1v) is 13.0. The lowest BCUT2D eigenvalue weighted by Gasteiger charge is -2.40. The Bertz CT molecular complexity index is 1270. The van der Waals surface area contributed by atoms with E-state index in [1.807, 2.05) is 60.7 Å². The van der Waals surface area contributed by atoms with Crippen molar-refractivity contribution < 1.29 is 28.8 Å². The Morgan fingerprint density at radius 2 is 1.76 bits per heavy atom. The summed E-state index contributed by atoms with van der Waals surface area (Å²) in [6.07, 6.45) is 5.59. The zero-order valence-corrected chi connectivity index (χ0v) is 21.3. The van der Waals surface area contributed by atoms with Gasteiger partial charge in [-0.15, -0.1) is 0 Å². The van der Waals surface area contributed by atoms with Crippen molar-refractivity contribution >= 4 is 0 Å². The molecule has 1 aromatic heterocycles. The summed E-state index contributed by atoms with van der Waals surface area (Å²) in [6.45, 7) is 0.864. The number of rotatable bonds is 11. The number of ether oxygens (including phenoxy) is 5. The number of aliphatic hydroxyl groups is 1. The topological polar surface area (TPSA) is 88.4 Å². The molecule has 0 saturated carbocycles. The van der Waals surface area contributed by atoms with E-state index >= 15 is 0 Å². The monoisotopic (exact) mass is 519 g/mol. The van der Waals surface area contributed by atoms with Crippen LogP contribution in [0.3, 0.4) is 0 Å². The summed E-state index contributed by atoms with van der Waals surface area (Å²) in [5.74, 6) is 0.547. The molecule has 1 fully saturated rings. The highest BCUT2D eigenvalue weighted by atomic mass is 16.7. The molecule has 2 aliphatic heterocycles. The summed E-state index contributed by atoms with van der Waals surface area (Å²) < 4.78 is 32.5. The Hall–Kier alpha value is -3.59. The molecule has 3 aromatic rings. The van der Waals surface area contributed by atoms with Gasteiger partial charge in [0, 0.05) is 31.8 Å². The van der Waals surface area contributed by atoms with Crippen LogP contribution < -0.4 is 10.2 Å². The van der Waals surface area contributed by atoms with Gasteiger partial charge in [-0.2, -0.15) is 0 Å². The molecule has 1 N–H and O–H groups in total. The maximum atomic E-state index is 13.4. The first-order valence-electron chi connectivity index (χ1n) is 13.0. The maximum Gasteiger partial charge on any atom is 0.230 e. The average molecular weight is 520 g/mol. The maximum absolute atomic E-state index is 13.4. The van der Waals surface area contributed by atoms with Crippen LogP contribution in [0.1, 0.15) is 36.1 Å². The Balaban J connectivity index is 1.69. The van der Waals surface area contributed by atoms with E-state index in [2.05, 4.69) is 0 Å². The summed E-state index contributed by atoms with van der Waals surface area (Å²) in [6, 6.07) is 21.0. The molecule has 3 heterocycles. The summed E-state index contributed by atoms with van der Waals surface area (Å²) in [5.41, 5.74) is 0.697. The van der Waals surface area contributed by atoms with Crippen LogP contribution in [0.5, 0.6) is 5.75 Å². The Labute approximate surface area is 222 Å². The van der Waals surface area contributed by atoms with Crippen molar-refractivity contribution in [1.29, 1.82) is 0 Å². The fraction of sp³-hybridized carbons (Fsp3) is 0.367. The summed E-state index contributed by atoms with van der Waals surface area (Å²) in [7, 11) is 0. The molecule has 2 aromatic carbocycles. The molecule has 2 atom stereocenters. The van der Waals surface area contributed by atoms with Gasteiger partial charge in [-0.1, -0.05) is 60.7 Å². The number of benzene rings is 2. The molecule has 200 valence electrons. The van der Waals surface area contributed by atoms with E-state index in [1.165, 1.54) is 12.3 Å². The van der Waals surface area contributed by atoms with Crippen LogP contribution >= 0.6 is 0 Å². The van der Waals surface area contributed by atoms with Crippen LogP contribution in [0.15, 0.2) is 89.7 Å². The molecule has 2 aliphatic rings. The van der Waals surface area contributed by atoms with Gasteiger partial charge in [0.15, 0.2) is 23.4 Å². The summed E-state index contributed by atoms with van der Waals surface area (Å²) in [4.78, 5) is 13.4. The number of hydrogen-bond acceptors (Lipinski definition) is 7. The second-order valence-corrected chi connectivity index (χ2v) is 9.36. The minimum Gasteiger partial charge on any atom is -0.483 e. The highest BCUT2D eigenvalue weighted by molar-refractivity contribution is 5.41. The molecule has 0 spiro atoms. The molecule has 0 aliphatic carbocycles. The van der Waals surface area contributed by atoms with Crippen LogP contribution in [-0.4, -0.2) is 36.0 Å². The number of pyridine rings is 1. The number of aliphatic hydroxyl groups excluding tert-OH is 1. The number of aromatic nitrogens is 1. The molecule has 5 rings (SSSR count). The van der Waals surface area contributed by atoms with Crippen LogP contribution in [-0.2, 0) is 44.1 Å². The Kier molecular flexibility index (Phi) is 8.43. The molecule has 2 unspecified atom stereocenters. The summed E-state index contributed by atoms with van der Waals surface area (Å²) in [5, 5.41) is 9.98. The lowest BCUT2D eigenvalue weighted by Crippen LogP contribution is -2.44. The third-order valence-corrected chi connectivity index (χ3v) is 6.72. The van der Waals surface area contributed by atoms with Gasteiger partial charge in [-0.05, 0) is 30.4 Å². The van der Waals surface area contributed by atoms with Crippen LogP contribution in [0.25, 0.3) is 0 Å². The predicted molar refractivity (Wildman–Crippen MR) is 140 cm³/mol. The lowest BCUT2D eigenvalue weighted by molar-refractivity contribution is -0.229. The smallest absolute Gasteiger partial charge is 0.230 e. The second-order valence-electron chi connectivity index (χ2n) is 9.36. The largest absolute Gasteiger partial charge is 0.483 e. The van der Waals surface area contributed by atoms with Gasteiger partial charge in [0.05, 0.1) is 6.61 Å². The molecule has 0 amide bonds. The van der Waals surface area contributed by atoms with Gasteiger partial charge in [0.1, 0.15) is 18.6 Å².